The highest BCUT2D eigenvalue weighted by atomic mass is 16.4. The van der Waals surface area contributed by atoms with Crippen LogP contribution in [0.2, 0.25) is 0 Å². The summed E-state index contributed by atoms with van der Waals surface area (Å²) in [4.78, 5) is 25.0. The molecular formula is C16H30N2O3. The number of unbranched alkanes of at least 4 members (excludes halogenated alkanes) is 3. The second-order valence-corrected chi connectivity index (χ2v) is 6.27. The zero-order valence-corrected chi connectivity index (χ0v) is 13.2. The minimum Gasteiger partial charge on any atom is -0.481 e. The van der Waals surface area contributed by atoms with Gasteiger partial charge in [0.05, 0.1) is 0 Å². The van der Waals surface area contributed by atoms with Crippen molar-refractivity contribution in [1.29, 1.82) is 0 Å². The van der Waals surface area contributed by atoms with Gasteiger partial charge in [0.15, 0.2) is 0 Å². The quantitative estimate of drug-likeness (QED) is 0.639. The summed E-state index contributed by atoms with van der Waals surface area (Å²) in [5.74, 6) is -0.0421. The number of hydrogen-bond donors (Lipinski definition) is 2. The van der Waals surface area contributed by atoms with Crippen molar-refractivity contribution >= 4 is 11.9 Å². The summed E-state index contributed by atoms with van der Waals surface area (Å²) in [5.41, 5.74) is 5.45. The predicted molar refractivity (Wildman–Crippen MR) is 82.9 cm³/mol. The first-order valence-corrected chi connectivity index (χ1v) is 8.24. The van der Waals surface area contributed by atoms with E-state index in [9.17, 15) is 9.59 Å². The Hall–Kier alpha value is -1.10. The van der Waals surface area contributed by atoms with Crippen LogP contribution in [0.5, 0.6) is 0 Å². The van der Waals surface area contributed by atoms with Gasteiger partial charge in [-0.25, -0.2) is 0 Å². The highest BCUT2D eigenvalue weighted by molar-refractivity contribution is 5.76. The zero-order valence-electron chi connectivity index (χ0n) is 13.2. The van der Waals surface area contributed by atoms with Gasteiger partial charge >= 0.3 is 5.97 Å². The van der Waals surface area contributed by atoms with Crippen LogP contribution in [0.4, 0.5) is 0 Å². The molecule has 122 valence electrons. The topological polar surface area (TPSA) is 83.6 Å². The number of carboxylic acids is 1. The lowest BCUT2D eigenvalue weighted by Crippen LogP contribution is -2.41. The van der Waals surface area contributed by atoms with Crippen molar-refractivity contribution in [1.82, 2.24) is 4.90 Å². The Morgan fingerprint density at radius 1 is 1.29 bits per heavy atom. The maximum Gasteiger partial charge on any atom is 0.303 e. The Labute approximate surface area is 127 Å². The van der Waals surface area contributed by atoms with E-state index in [4.69, 9.17) is 10.8 Å². The largest absolute Gasteiger partial charge is 0.481 e. The van der Waals surface area contributed by atoms with Gasteiger partial charge in [-0.3, -0.25) is 9.59 Å². The van der Waals surface area contributed by atoms with Gasteiger partial charge in [0.2, 0.25) is 5.91 Å². The van der Waals surface area contributed by atoms with Crippen LogP contribution >= 0.6 is 0 Å². The smallest absolute Gasteiger partial charge is 0.303 e. The molecule has 2 atom stereocenters. The molecule has 5 heteroatoms. The van der Waals surface area contributed by atoms with E-state index in [1.54, 1.807) is 0 Å². The fourth-order valence-corrected chi connectivity index (χ4v) is 3.08. The molecule has 0 radical (unpaired) electrons. The van der Waals surface area contributed by atoms with E-state index in [1.807, 2.05) is 11.8 Å². The first-order chi connectivity index (χ1) is 10.0. The third kappa shape index (κ3) is 6.93. The van der Waals surface area contributed by atoms with Crippen LogP contribution in [0.25, 0.3) is 0 Å². The molecule has 1 aliphatic rings. The fourth-order valence-electron chi connectivity index (χ4n) is 3.08. The lowest BCUT2D eigenvalue weighted by Gasteiger charge is -2.35. The minimum atomic E-state index is -0.745. The van der Waals surface area contributed by atoms with Gasteiger partial charge in [0, 0.05) is 25.9 Å². The van der Waals surface area contributed by atoms with Crippen molar-refractivity contribution < 1.29 is 14.7 Å². The fraction of sp³-hybridized carbons (Fsp3) is 0.875. The summed E-state index contributed by atoms with van der Waals surface area (Å²) in [6.45, 7) is 4.27. The van der Waals surface area contributed by atoms with Crippen LogP contribution in [0, 0.1) is 11.8 Å². The Morgan fingerprint density at radius 3 is 2.67 bits per heavy atom. The Balaban J connectivity index is 2.30. The number of hydrogen-bond acceptors (Lipinski definition) is 3. The molecular weight excluding hydrogens is 268 g/mol. The van der Waals surface area contributed by atoms with E-state index in [-0.39, 0.29) is 18.2 Å². The molecule has 1 heterocycles. The van der Waals surface area contributed by atoms with Crippen LogP contribution in [-0.4, -0.2) is 41.5 Å². The number of aliphatic carboxylic acids is 1. The van der Waals surface area contributed by atoms with Crippen LogP contribution < -0.4 is 5.73 Å². The first kappa shape index (κ1) is 18.0. The maximum atomic E-state index is 12.2. The molecule has 2 unspecified atom stereocenters. The van der Waals surface area contributed by atoms with Crippen molar-refractivity contribution in [2.45, 2.75) is 58.3 Å². The SMILES string of the molecule is CC(CC(=O)O)C1CCCN(C(=O)CCCCCCN)C1. The van der Waals surface area contributed by atoms with Crippen molar-refractivity contribution in [3.05, 3.63) is 0 Å². The van der Waals surface area contributed by atoms with E-state index in [0.29, 0.717) is 12.3 Å². The molecule has 0 aromatic carbocycles. The van der Waals surface area contributed by atoms with Gasteiger partial charge in [-0.2, -0.15) is 0 Å². The third-order valence-electron chi connectivity index (χ3n) is 4.46. The van der Waals surface area contributed by atoms with Gasteiger partial charge < -0.3 is 15.7 Å². The molecule has 0 aliphatic carbocycles. The number of nitrogens with zero attached hydrogens (tertiary/aromatic N) is 1. The summed E-state index contributed by atoms with van der Waals surface area (Å²) in [6, 6.07) is 0. The van der Waals surface area contributed by atoms with E-state index in [2.05, 4.69) is 0 Å². The van der Waals surface area contributed by atoms with Crippen molar-refractivity contribution in [3.8, 4) is 0 Å². The summed E-state index contributed by atoms with van der Waals surface area (Å²) in [7, 11) is 0. The summed E-state index contributed by atoms with van der Waals surface area (Å²) in [6.07, 6.45) is 6.98. The predicted octanol–water partition coefficient (Wildman–Crippen LogP) is 2.25. The molecule has 1 saturated heterocycles. The molecule has 5 nitrogen and oxygen atoms in total. The van der Waals surface area contributed by atoms with Gasteiger partial charge in [-0.1, -0.05) is 19.8 Å². The number of piperidine rings is 1. The first-order valence-electron chi connectivity index (χ1n) is 8.24. The zero-order chi connectivity index (χ0) is 15.7. The van der Waals surface area contributed by atoms with Gasteiger partial charge in [-0.15, -0.1) is 0 Å². The molecule has 0 spiro atoms. The third-order valence-corrected chi connectivity index (χ3v) is 4.46. The van der Waals surface area contributed by atoms with E-state index >= 15 is 0 Å². The minimum absolute atomic E-state index is 0.141. The average Bonchev–Trinajstić information content (AvgIpc) is 2.46. The van der Waals surface area contributed by atoms with E-state index in [1.165, 1.54) is 0 Å². The molecule has 1 fully saturated rings. The van der Waals surface area contributed by atoms with Crippen LogP contribution in [-0.2, 0) is 9.59 Å². The van der Waals surface area contributed by atoms with Crippen LogP contribution in [0.15, 0.2) is 0 Å². The lowest BCUT2D eigenvalue weighted by atomic mass is 9.84. The average molecular weight is 298 g/mol. The Bertz CT molecular complexity index is 333. The van der Waals surface area contributed by atoms with Gasteiger partial charge in [0.1, 0.15) is 0 Å². The molecule has 0 aromatic heterocycles. The standard InChI is InChI=1S/C16H30N2O3/c1-13(11-16(20)21)14-7-6-10-18(12-14)15(19)8-4-2-3-5-9-17/h13-14H,2-12,17H2,1H3,(H,20,21). The van der Waals surface area contributed by atoms with Crippen LogP contribution in [0.1, 0.15) is 58.3 Å². The molecule has 1 rings (SSSR count). The molecule has 21 heavy (non-hydrogen) atoms. The lowest BCUT2D eigenvalue weighted by molar-refractivity contribution is -0.138. The highest BCUT2D eigenvalue weighted by Gasteiger charge is 2.27. The number of rotatable bonds is 9. The summed E-state index contributed by atoms with van der Waals surface area (Å²) >= 11 is 0. The molecule has 0 bridgehead atoms. The molecule has 0 aromatic rings. The van der Waals surface area contributed by atoms with Gasteiger partial charge in [-0.05, 0) is 44.1 Å². The van der Waals surface area contributed by atoms with Crippen LogP contribution in [0.3, 0.4) is 0 Å². The molecule has 1 amide bonds. The van der Waals surface area contributed by atoms with Crippen molar-refractivity contribution in [2.24, 2.45) is 17.6 Å². The normalized spacial score (nSPS) is 20.3. The van der Waals surface area contributed by atoms with E-state index in [0.717, 1.165) is 58.2 Å². The van der Waals surface area contributed by atoms with E-state index < -0.39 is 5.97 Å². The summed E-state index contributed by atoms with van der Waals surface area (Å²) < 4.78 is 0. The Morgan fingerprint density at radius 2 is 2.00 bits per heavy atom. The molecule has 3 N–H and O–H groups in total. The second-order valence-electron chi connectivity index (χ2n) is 6.27. The number of carbonyl (C=O) groups is 2. The maximum absolute atomic E-state index is 12.2. The molecule has 1 aliphatic heterocycles. The van der Waals surface area contributed by atoms with Crippen molar-refractivity contribution in [2.75, 3.05) is 19.6 Å². The van der Waals surface area contributed by atoms with Crippen molar-refractivity contribution in [3.63, 3.8) is 0 Å². The highest BCUT2D eigenvalue weighted by Crippen LogP contribution is 2.26. The second kappa shape index (κ2) is 9.77. The number of likely N-dealkylation sites (tertiary alicyclic amines) is 1. The Kier molecular flexibility index (Phi) is 8.35. The summed E-state index contributed by atoms with van der Waals surface area (Å²) in [5, 5.41) is 8.89. The number of nitrogens with two attached hydrogens (primary N) is 1. The van der Waals surface area contributed by atoms with Gasteiger partial charge in [0.25, 0.3) is 0 Å². The monoisotopic (exact) mass is 298 g/mol. The number of amides is 1. The number of carbonyl (C=O) groups excluding carboxylic acids is 1. The number of carboxylic acid groups (broad SMARTS) is 1. The molecule has 0 saturated carbocycles.